The fraction of sp³-hybridized carbons (Fsp3) is 0.600. The van der Waals surface area contributed by atoms with Crippen molar-refractivity contribution in [1.29, 1.82) is 0 Å². The van der Waals surface area contributed by atoms with E-state index in [0.29, 0.717) is 6.42 Å². The lowest BCUT2D eigenvalue weighted by molar-refractivity contribution is -0.00920. The van der Waals surface area contributed by atoms with Crippen molar-refractivity contribution < 1.29 is 5.11 Å². The van der Waals surface area contributed by atoms with E-state index in [9.17, 15) is 5.11 Å². The van der Waals surface area contributed by atoms with Gasteiger partial charge in [0.25, 0.3) is 0 Å². The van der Waals surface area contributed by atoms with Crippen molar-refractivity contribution in [3.63, 3.8) is 0 Å². The molecular weight excluding hydrogens is 312 g/mol. The van der Waals surface area contributed by atoms with Crippen molar-refractivity contribution in [3.05, 3.63) is 33.3 Å². The van der Waals surface area contributed by atoms with Crippen molar-refractivity contribution in [3.8, 4) is 0 Å². The first-order chi connectivity index (χ1) is 8.52. The molecule has 1 aliphatic rings. The van der Waals surface area contributed by atoms with Gasteiger partial charge in [-0.1, -0.05) is 46.9 Å². The molecule has 0 heterocycles. The Morgan fingerprint density at radius 2 is 2.06 bits per heavy atom. The monoisotopic (exact) mass is 330 g/mol. The molecule has 100 valence electrons. The summed E-state index contributed by atoms with van der Waals surface area (Å²) in [6.07, 6.45) is 5.99. The number of hydrogen-bond donors (Lipinski definition) is 1. The Bertz CT molecular complexity index is 411. The highest BCUT2D eigenvalue weighted by Crippen LogP contribution is 2.37. The third-order valence-corrected chi connectivity index (χ3v) is 4.99. The lowest BCUT2D eigenvalue weighted by Crippen LogP contribution is -2.36. The topological polar surface area (TPSA) is 20.2 Å². The van der Waals surface area contributed by atoms with E-state index >= 15 is 0 Å². The first-order valence-corrected chi connectivity index (χ1v) is 7.86. The van der Waals surface area contributed by atoms with Crippen LogP contribution in [0, 0.1) is 5.92 Å². The summed E-state index contributed by atoms with van der Waals surface area (Å²) in [5.74, 6) is 0.797. The predicted octanol–water partition coefficient (Wildman–Crippen LogP) is 4.98. The standard InChI is InChI=1S/C15H20BrClO/c1-2-11-5-7-15(18,8-6-11)10-12-3-4-13(16)9-14(12)17/h3-4,9,11,18H,2,5-8,10H2,1H3. The molecule has 0 aliphatic heterocycles. The second-order valence-corrected chi connectivity index (χ2v) is 6.81. The zero-order chi connectivity index (χ0) is 13.2. The second-order valence-electron chi connectivity index (χ2n) is 5.49. The molecule has 1 aromatic carbocycles. The molecule has 1 aliphatic carbocycles. The second kappa shape index (κ2) is 5.94. The summed E-state index contributed by atoms with van der Waals surface area (Å²) in [4.78, 5) is 0. The highest BCUT2D eigenvalue weighted by Gasteiger charge is 2.33. The van der Waals surface area contributed by atoms with Crippen LogP contribution >= 0.6 is 27.5 Å². The van der Waals surface area contributed by atoms with E-state index in [1.54, 1.807) is 0 Å². The van der Waals surface area contributed by atoms with Gasteiger partial charge < -0.3 is 5.11 Å². The highest BCUT2D eigenvalue weighted by molar-refractivity contribution is 9.10. The van der Waals surface area contributed by atoms with Crippen LogP contribution in [0.4, 0.5) is 0 Å². The van der Waals surface area contributed by atoms with Gasteiger partial charge in [-0.05, 0) is 49.3 Å². The third kappa shape index (κ3) is 3.49. The van der Waals surface area contributed by atoms with E-state index in [-0.39, 0.29) is 0 Å². The molecule has 0 amide bonds. The normalized spacial score (nSPS) is 28.3. The van der Waals surface area contributed by atoms with Gasteiger partial charge >= 0.3 is 0 Å². The molecule has 18 heavy (non-hydrogen) atoms. The van der Waals surface area contributed by atoms with Crippen LogP contribution in [0.1, 0.15) is 44.6 Å². The van der Waals surface area contributed by atoms with E-state index in [1.165, 1.54) is 6.42 Å². The average molecular weight is 332 g/mol. The lowest BCUT2D eigenvalue weighted by Gasteiger charge is -2.36. The number of halogens is 2. The van der Waals surface area contributed by atoms with Crippen molar-refractivity contribution in [2.45, 2.75) is 51.0 Å². The van der Waals surface area contributed by atoms with Crippen LogP contribution in [-0.2, 0) is 6.42 Å². The average Bonchev–Trinajstić information content (AvgIpc) is 2.34. The van der Waals surface area contributed by atoms with Gasteiger partial charge in [-0.25, -0.2) is 0 Å². The Labute approximate surface area is 123 Å². The van der Waals surface area contributed by atoms with Crippen molar-refractivity contribution in [1.82, 2.24) is 0 Å². The minimum Gasteiger partial charge on any atom is -0.390 e. The summed E-state index contributed by atoms with van der Waals surface area (Å²) < 4.78 is 0.984. The zero-order valence-electron chi connectivity index (χ0n) is 10.8. The van der Waals surface area contributed by atoms with E-state index in [4.69, 9.17) is 11.6 Å². The maximum Gasteiger partial charge on any atom is 0.0688 e. The Balaban J connectivity index is 2.04. The molecule has 0 saturated heterocycles. The summed E-state index contributed by atoms with van der Waals surface area (Å²) >= 11 is 9.63. The summed E-state index contributed by atoms with van der Waals surface area (Å²) in [6.45, 7) is 2.24. The highest BCUT2D eigenvalue weighted by atomic mass is 79.9. The molecule has 1 nitrogen and oxygen atoms in total. The molecule has 2 rings (SSSR count). The van der Waals surface area contributed by atoms with Crippen molar-refractivity contribution in [2.24, 2.45) is 5.92 Å². The maximum atomic E-state index is 10.7. The minimum absolute atomic E-state index is 0.552. The van der Waals surface area contributed by atoms with Gasteiger partial charge in [0, 0.05) is 15.9 Å². The minimum atomic E-state index is -0.552. The Hall–Kier alpha value is -0.0500. The van der Waals surface area contributed by atoms with Crippen LogP contribution in [0.2, 0.25) is 5.02 Å². The smallest absolute Gasteiger partial charge is 0.0688 e. The molecular formula is C15H20BrClO. The van der Waals surface area contributed by atoms with Crippen LogP contribution in [0.25, 0.3) is 0 Å². The molecule has 0 spiro atoms. The molecule has 0 radical (unpaired) electrons. The van der Waals surface area contributed by atoms with E-state index in [2.05, 4.69) is 22.9 Å². The summed E-state index contributed by atoms with van der Waals surface area (Å²) in [6, 6.07) is 5.90. The van der Waals surface area contributed by atoms with Crippen LogP contribution in [0.5, 0.6) is 0 Å². The number of benzene rings is 1. The van der Waals surface area contributed by atoms with Crippen LogP contribution in [0.15, 0.2) is 22.7 Å². The van der Waals surface area contributed by atoms with Gasteiger partial charge in [-0.3, -0.25) is 0 Å². The van der Waals surface area contributed by atoms with Gasteiger partial charge in [0.2, 0.25) is 0 Å². The van der Waals surface area contributed by atoms with Gasteiger partial charge in [0.05, 0.1) is 5.60 Å². The first kappa shape index (κ1) is 14.4. The number of rotatable bonds is 3. The zero-order valence-corrected chi connectivity index (χ0v) is 13.1. The lowest BCUT2D eigenvalue weighted by atomic mass is 9.75. The fourth-order valence-corrected chi connectivity index (χ4v) is 3.56. The molecule has 3 heteroatoms. The van der Waals surface area contributed by atoms with Crippen LogP contribution in [0.3, 0.4) is 0 Å². The quantitative estimate of drug-likeness (QED) is 0.828. The number of aliphatic hydroxyl groups is 1. The van der Waals surface area contributed by atoms with Gasteiger partial charge in [0.1, 0.15) is 0 Å². The summed E-state index contributed by atoms with van der Waals surface area (Å²) in [5, 5.41) is 11.4. The first-order valence-electron chi connectivity index (χ1n) is 6.69. The SMILES string of the molecule is CCC1CCC(O)(Cc2ccc(Br)cc2Cl)CC1. The fourth-order valence-electron chi connectivity index (χ4n) is 2.82. The molecule has 0 aromatic heterocycles. The van der Waals surface area contributed by atoms with Crippen molar-refractivity contribution >= 4 is 27.5 Å². The predicted molar refractivity (Wildman–Crippen MR) is 80.1 cm³/mol. The van der Waals surface area contributed by atoms with E-state index in [1.807, 2.05) is 18.2 Å². The maximum absolute atomic E-state index is 10.7. The number of hydrogen-bond acceptors (Lipinski definition) is 1. The molecule has 1 fully saturated rings. The third-order valence-electron chi connectivity index (χ3n) is 4.15. The van der Waals surface area contributed by atoms with Gasteiger partial charge in [0.15, 0.2) is 0 Å². The Morgan fingerprint density at radius 3 is 2.61 bits per heavy atom. The van der Waals surface area contributed by atoms with Gasteiger partial charge in [-0.15, -0.1) is 0 Å². The molecule has 0 unspecified atom stereocenters. The summed E-state index contributed by atoms with van der Waals surface area (Å²) in [7, 11) is 0. The molecule has 0 atom stereocenters. The molecule has 0 bridgehead atoms. The van der Waals surface area contributed by atoms with E-state index in [0.717, 1.165) is 46.7 Å². The molecule has 1 saturated carbocycles. The molecule has 1 aromatic rings. The summed E-state index contributed by atoms with van der Waals surface area (Å²) in [5.41, 5.74) is 0.501. The largest absolute Gasteiger partial charge is 0.390 e. The Morgan fingerprint density at radius 1 is 1.39 bits per heavy atom. The van der Waals surface area contributed by atoms with E-state index < -0.39 is 5.60 Å². The molecule has 1 N–H and O–H groups in total. The van der Waals surface area contributed by atoms with Gasteiger partial charge in [-0.2, -0.15) is 0 Å². The van der Waals surface area contributed by atoms with Crippen LogP contribution in [-0.4, -0.2) is 10.7 Å². The van der Waals surface area contributed by atoms with Crippen LogP contribution < -0.4 is 0 Å². The van der Waals surface area contributed by atoms with Crippen molar-refractivity contribution in [2.75, 3.05) is 0 Å². The Kier molecular flexibility index (Phi) is 4.74.